The zero-order valence-corrected chi connectivity index (χ0v) is 11.6. The van der Waals surface area contributed by atoms with Gasteiger partial charge in [0.1, 0.15) is 5.76 Å². The molecule has 1 aliphatic heterocycles. The van der Waals surface area contributed by atoms with Gasteiger partial charge in [-0.2, -0.15) is 0 Å². The Balaban J connectivity index is 1.94. The van der Waals surface area contributed by atoms with Crippen molar-refractivity contribution in [1.29, 1.82) is 0 Å². The molecule has 4 nitrogen and oxygen atoms in total. The van der Waals surface area contributed by atoms with Crippen LogP contribution in [0, 0.1) is 0 Å². The monoisotopic (exact) mass is 302 g/mol. The van der Waals surface area contributed by atoms with E-state index in [1.165, 1.54) is 0 Å². The largest absolute Gasteiger partial charge is 0.466 e. The Hall–Kier alpha value is -0.360. The molecule has 2 heterocycles. The molecule has 1 aliphatic rings. The van der Waals surface area contributed by atoms with E-state index in [0.717, 1.165) is 36.2 Å². The van der Waals surface area contributed by atoms with E-state index < -0.39 is 0 Å². The van der Waals surface area contributed by atoms with Crippen LogP contribution in [0.2, 0.25) is 0 Å². The van der Waals surface area contributed by atoms with Crippen LogP contribution in [0.15, 0.2) is 21.2 Å². The summed E-state index contributed by atoms with van der Waals surface area (Å²) in [7, 11) is 0. The Bertz CT molecular complexity index is 361. The lowest BCUT2D eigenvalue weighted by Gasteiger charge is -2.26. The Morgan fingerprint density at radius 3 is 3.00 bits per heavy atom. The number of furan rings is 1. The van der Waals surface area contributed by atoms with Gasteiger partial charge < -0.3 is 20.2 Å². The van der Waals surface area contributed by atoms with Gasteiger partial charge in [-0.05, 0) is 41.8 Å². The zero-order valence-electron chi connectivity index (χ0n) is 10.0. The molecule has 1 saturated heterocycles. The van der Waals surface area contributed by atoms with Gasteiger partial charge in [0.25, 0.3) is 0 Å². The number of halogens is 1. The van der Waals surface area contributed by atoms with Gasteiger partial charge in [-0.25, -0.2) is 0 Å². The molecule has 0 amide bonds. The van der Waals surface area contributed by atoms with Crippen LogP contribution in [0.1, 0.15) is 31.6 Å². The van der Waals surface area contributed by atoms with E-state index >= 15 is 0 Å². The Kier molecular flexibility index (Phi) is 4.25. The number of hydrogen-bond acceptors (Lipinski definition) is 4. The lowest BCUT2D eigenvalue weighted by Crippen LogP contribution is -2.40. The molecule has 2 atom stereocenters. The van der Waals surface area contributed by atoms with Crippen LogP contribution in [-0.4, -0.2) is 25.3 Å². The smallest absolute Gasteiger partial charge is 0.136 e. The molecule has 5 heteroatoms. The van der Waals surface area contributed by atoms with Crippen molar-refractivity contribution in [2.24, 2.45) is 5.73 Å². The predicted octanol–water partition coefficient (Wildman–Crippen LogP) is 2.20. The number of hydrogen-bond donors (Lipinski definition) is 2. The molecule has 17 heavy (non-hydrogen) atoms. The predicted molar refractivity (Wildman–Crippen MR) is 69.8 cm³/mol. The standard InChI is InChI=1S/C12H19BrN2O2/c1-12(4-2-5-17-12)8-15-10(7-14)11-9(13)3-6-16-11/h3,6,10,15H,2,4-5,7-8,14H2,1H3. The van der Waals surface area contributed by atoms with Crippen LogP contribution < -0.4 is 11.1 Å². The van der Waals surface area contributed by atoms with E-state index in [1.807, 2.05) is 6.07 Å². The molecule has 3 N–H and O–H groups in total. The van der Waals surface area contributed by atoms with Gasteiger partial charge in [-0.1, -0.05) is 0 Å². The van der Waals surface area contributed by atoms with Crippen molar-refractivity contribution in [2.45, 2.75) is 31.4 Å². The summed E-state index contributed by atoms with van der Waals surface area (Å²) in [6.07, 6.45) is 3.89. The van der Waals surface area contributed by atoms with Crippen molar-refractivity contribution in [3.8, 4) is 0 Å². The Morgan fingerprint density at radius 1 is 1.65 bits per heavy atom. The minimum atomic E-state index is -0.0630. The number of nitrogens with two attached hydrogens (primary N) is 1. The normalized spacial score (nSPS) is 26.3. The van der Waals surface area contributed by atoms with Crippen LogP contribution in [0.4, 0.5) is 0 Å². The lowest BCUT2D eigenvalue weighted by atomic mass is 10.0. The lowest BCUT2D eigenvalue weighted by molar-refractivity contribution is 0.0184. The third-order valence-electron chi connectivity index (χ3n) is 3.22. The fourth-order valence-electron chi connectivity index (χ4n) is 2.15. The quantitative estimate of drug-likeness (QED) is 0.875. The van der Waals surface area contributed by atoms with Crippen molar-refractivity contribution in [3.63, 3.8) is 0 Å². The maximum absolute atomic E-state index is 5.78. The number of nitrogens with one attached hydrogen (secondary N) is 1. The topological polar surface area (TPSA) is 60.4 Å². The first-order valence-electron chi connectivity index (χ1n) is 5.95. The van der Waals surface area contributed by atoms with E-state index in [2.05, 4.69) is 28.2 Å². The highest BCUT2D eigenvalue weighted by Gasteiger charge is 2.30. The molecular formula is C12H19BrN2O2. The van der Waals surface area contributed by atoms with Crippen molar-refractivity contribution >= 4 is 15.9 Å². The van der Waals surface area contributed by atoms with Crippen molar-refractivity contribution in [1.82, 2.24) is 5.32 Å². The van der Waals surface area contributed by atoms with E-state index in [-0.39, 0.29) is 11.6 Å². The molecule has 1 aromatic heterocycles. The van der Waals surface area contributed by atoms with Crippen molar-refractivity contribution in [3.05, 3.63) is 22.6 Å². The van der Waals surface area contributed by atoms with Crippen LogP contribution in [0.5, 0.6) is 0 Å². The van der Waals surface area contributed by atoms with E-state index in [1.54, 1.807) is 6.26 Å². The van der Waals surface area contributed by atoms with E-state index in [4.69, 9.17) is 14.9 Å². The van der Waals surface area contributed by atoms with E-state index in [0.29, 0.717) is 6.54 Å². The fourth-order valence-corrected chi connectivity index (χ4v) is 2.63. The Morgan fingerprint density at radius 2 is 2.47 bits per heavy atom. The first-order valence-corrected chi connectivity index (χ1v) is 6.74. The maximum Gasteiger partial charge on any atom is 0.136 e. The second-order valence-corrected chi connectivity index (χ2v) is 5.56. The molecule has 1 fully saturated rings. The number of rotatable bonds is 5. The van der Waals surface area contributed by atoms with Crippen LogP contribution in [0.3, 0.4) is 0 Å². The first-order chi connectivity index (χ1) is 8.14. The summed E-state index contributed by atoms with van der Waals surface area (Å²) >= 11 is 3.45. The highest BCUT2D eigenvalue weighted by molar-refractivity contribution is 9.10. The van der Waals surface area contributed by atoms with Gasteiger partial charge in [-0.3, -0.25) is 0 Å². The summed E-state index contributed by atoms with van der Waals surface area (Å²) in [6.45, 7) is 4.29. The summed E-state index contributed by atoms with van der Waals surface area (Å²) in [4.78, 5) is 0. The van der Waals surface area contributed by atoms with Gasteiger partial charge in [0.05, 0.1) is 22.4 Å². The van der Waals surface area contributed by atoms with Crippen LogP contribution in [0.25, 0.3) is 0 Å². The van der Waals surface area contributed by atoms with Crippen LogP contribution in [-0.2, 0) is 4.74 Å². The average Bonchev–Trinajstić information content (AvgIpc) is 2.90. The zero-order chi connectivity index (χ0) is 12.3. The molecule has 0 aliphatic carbocycles. The molecule has 2 unspecified atom stereocenters. The van der Waals surface area contributed by atoms with Crippen LogP contribution >= 0.6 is 15.9 Å². The molecule has 0 saturated carbocycles. The summed E-state index contributed by atoms with van der Waals surface area (Å²) < 4.78 is 12.1. The summed E-state index contributed by atoms with van der Waals surface area (Å²) in [5.41, 5.74) is 5.71. The molecule has 2 rings (SSSR count). The van der Waals surface area contributed by atoms with Gasteiger partial charge >= 0.3 is 0 Å². The molecule has 0 radical (unpaired) electrons. The molecule has 96 valence electrons. The maximum atomic E-state index is 5.78. The number of ether oxygens (including phenoxy) is 1. The summed E-state index contributed by atoms with van der Waals surface area (Å²) in [6, 6.07) is 1.91. The van der Waals surface area contributed by atoms with E-state index in [9.17, 15) is 0 Å². The highest BCUT2D eigenvalue weighted by atomic mass is 79.9. The molecule has 0 spiro atoms. The highest BCUT2D eigenvalue weighted by Crippen LogP contribution is 2.27. The molecule has 1 aromatic rings. The second-order valence-electron chi connectivity index (χ2n) is 4.70. The van der Waals surface area contributed by atoms with Crippen molar-refractivity contribution < 1.29 is 9.15 Å². The van der Waals surface area contributed by atoms with Gasteiger partial charge in [-0.15, -0.1) is 0 Å². The second kappa shape index (κ2) is 5.52. The third-order valence-corrected chi connectivity index (χ3v) is 3.87. The SMILES string of the molecule is CC1(CNC(CN)c2occc2Br)CCCO1. The van der Waals surface area contributed by atoms with Gasteiger partial charge in [0.15, 0.2) is 0 Å². The third kappa shape index (κ3) is 3.10. The van der Waals surface area contributed by atoms with Gasteiger partial charge in [0.2, 0.25) is 0 Å². The average molecular weight is 303 g/mol. The van der Waals surface area contributed by atoms with Crippen molar-refractivity contribution in [2.75, 3.05) is 19.7 Å². The summed E-state index contributed by atoms with van der Waals surface area (Å²) in [5, 5.41) is 3.42. The minimum Gasteiger partial charge on any atom is -0.466 e. The first kappa shape index (κ1) is 13.1. The van der Waals surface area contributed by atoms with Gasteiger partial charge in [0, 0.05) is 19.7 Å². The fraction of sp³-hybridized carbons (Fsp3) is 0.667. The molecular weight excluding hydrogens is 284 g/mol. The molecule has 0 bridgehead atoms. The minimum absolute atomic E-state index is 0.0281. The Labute approximate surface area is 110 Å². The summed E-state index contributed by atoms with van der Waals surface area (Å²) in [5.74, 6) is 0.856. The molecule has 0 aromatic carbocycles.